The summed E-state index contributed by atoms with van der Waals surface area (Å²) in [5.41, 5.74) is 1.38. The molecule has 0 spiro atoms. The van der Waals surface area contributed by atoms with E-state index in [0.717, 1.165) is 4.57 Å². The first-order valence-electron chi connectivity index (χ1n) is 5.79. The van der Waals surface area contributed by atoms with Crippen molar-refractivity contribution in [2.24, 2.45) is 0 Å². The third-order valence-corrected chi connectivity index (χ3v) is 3.53. The maximum absolute atomic E-state index is 12.9. The molecule has 2 rings (SSSR count). The summed E-state index contributed by atoms with van der Waals surface area (Å²) in [6, 6.07) is 3.11. The minimum atomic E-state index is -2.63. The fourth-order valence-electron chi connectivity index (χ4n) is 1.65. The van der Waals surface area contributed by atoms with Crippen LogP contribution in [-0.4, -0.2) is 9.55 Å². The molecular weight excluding hydrogens is 417 g/mol. The summed E-state index contributed by atoms with van der Waals surface area (Å²) >= 11 is 8.07. The highest BCUT2D eigenvalue weighted by atomic mass is 127. The molecule has 0 fully saturated rings. The van der Waals surface area contributed by atoms with Crippen molar-refractivity contribution < 1.29 is 8.78 Å². The Balaban J connectivity index is 0.000000956. The van der Waals surface area contributed by atoms with Gasteiger partial charge in [-0.2, -0.15) is 8.78 Å². The third-order valence-electron chi connectivity index (χ3n) is 2.37. The van der Waals surface area contributed by atoms with E-state index in [1.54, 1.807) is 6.07 Å². The number of nitrogens with zero attached hydrogens (tertiary/aromatic N) is 2. The van der Waals surface area contributed by atoms with Crippen LogP contribution in [-0.2, 0) is 0 Å². The zero-order chi connectivity index (χ0) is 15.3. The second-order valence-electron chi connectivity index (χ2n) is 3.43. The van der Waals surface area contributed by atoms with Crippen molar-refractivity contribution in [2.75, 3.05) is 0 Å². The highest BCUT2D eigenvalue weighted by Gasteiger charge is 2.16. The predicted octanol–water partition coefficient (Wildman–Crippen LogP) is 5.81. The fraction of sp³-hybridized carbons (Fsp3) is 0.308. The lowest BCUT2D eigenvalue weighted by molar-refractivity contribution is 0.0725. The van der Waals surface area contributed by atoms with Crippen LogP contribution in [0.15, 0.2) is 12.1 Å². The number of aromatic nitrogens is 2. The lowest BCUT2D eigenvalue weighted by Crippen LogP contribution is -2.00. The minimum absolute atomic E-state index is 0.254. The van der Waals surface area contributed by atoms with Crippen LogP contribution in [0.25, 0.3) is 11.0 Å². The Morgan fingerprint density at radius 2 is 2.05 bits per heavy atom. The van der Waals surface area contributed by atoms with Crippen molar-refractivity contribution >= 4 is 52.8 Å². The van der Waals surface area contributed by atoms with Crippen LogP contribution in [0.5, 0.6) is 0 Å². The molecule has 1 heterocycles. The summed E-state index contributed by atoms with van der Waals surface area (Å²) < 4.78 is 26.6. The average Bonchev–Trinajstić information content (AvgIpc) is 2.73. The Bertz CT molecular complexity index is 662. The molecule has 2 nitrogen and oxygen atoms in total. The van der Waals surface area contributed by atoms with Gasteiger partial charge in [0, 0.05) is 26.8 Å². The number of fused-ring (bicyclic) bond motifs is 1. The van der Waals surface area contributed by atoms with Crippen LogP contribution in [0.4, 0.5) is 8.78 Å². The Labute approximate surface area is 137 Å². The highest BCUT2D eigenvalue weighted by Crippen LogP contribution is 2.28. The SMILES string of the molecule is CC.Cc1nc2cc(C#CSI)c(Cl)cc2n1C(F)F. The number of alkyl halides is 2. The van der Waals surface area contributed by atoms with Gasteiger partial charge in [0.2, 0.25) is 0 Å². The zero-order valence-electron chi connectivity index (χ0n) is 11.0. The Hall–Kier alpha value is -0.520. The smallest absolute Gasteiger partial charge is 0.270 e. The maximum atomic E-state index is 12.9. The second kappa shape index (κ2) is 8.05. The van der Waals surface area contributed by atoms with Crippen molar-refractivity contribution in [3.8, 4) is 11.2 Å². The zero-order valence-corrected chi connectivity index (χ0v) is 14.8. The van der Waals surface area contributed by atoms with Gasteiger partial charge in [0.25, 0.3) is 0 Å². The molecule has 0 saturated carbocycles. The molecule has 108 valence electrons. The van der Waals surface area contributed by atoms with E-state index < -0.39 is 6.55 Å². The molecule has 0 unspecified atom stereocenters. The first kappa shape index (κ1) is 17.5. The van der Waals surface area contributed by atoms with Gasteiger partial charge in [0.15, 0.2) is 0 Å². The largest absolute Gasteiger partial charge is 0.320 e. The summed E-state index contributed by atoms with van der Waals surface area (Å²) in [6.45, 7) is 2.90. The van der Waals surface area contributed by atoms with E-state index >= 15 is 0 Å². The van der Waals surface area contributed by atoms with Crippen LogP contribution in [0, 0.1) is 18.1 Å². The molecule has 0 bridgehead atoms. The average molecular weight is 429 g/mol. The first-order valence-corrected chi connectivity index (χ1v) is 9.53. The molecule has 0 N–H and O–H groups in total. The second-order valence-corrected chi connectivity index (χ2v) is 5.52. The molecule has 20 heavy (non-hydrogen) atoms. The van der Waals surface area contributed by atoms with Gasteiger partial charge < -0.3 is 0 Å². The molecule has 0 aliphatic heterocycles. The molecule has 0 aliphatic carbocycles. The molecular formula is C13H12ClF2IN2S. The molecule has 1 aromatic heterocycles. The lowest BCUT2D eigenvalue weighted by atomic mass is 10.2. The van der Waals surface area contributed by atoms with Crippen molar-refractivity contribution in [1.82, 2.24) is 9.55 Å². The third kappa shape index (κ3) is 3.77. The first-order chi connectivity index (χ1) is 9.54. The van der Waals surface area contributed by atoms with E-state index in [2.05, 4.69) is 16.2 Å². The number of halogens is 4. The van der Waals surface area contributed by atoms with Crippen LogP contribution in [0.3, 0.4) is 0 Å². The van der Waals surface area contributed by atoms with Gasteiger partial charge >= 0.3 is 6.55 Å². The summed E-state index contributed by atoms with van der Waals surface area (Å²) in [5.74, 6) is 3.10. The molecule has 0 atom stereocenters. The Morgan fingerprint density at radius 1 is 1.40 bits per heavy atom. The van der Waals surface area contributed by atoms with Crippen molar-refractivity contribution in [3.05, 3.63) is 28.5 Å². The molecule has 0 amide bonds. The number of imidazole rings is 1. The standard InChI is InChI=1S/C11H6ClF2IN2S.C2H6/c1-6-16-9-4-7(2-3-18-15)8(12)5-10(9)17(6)11(13)14;1-2/h4-5,11H,1H3;1-2H3. The van der Waals surface area contributed by atoms with Gasteiger partial charge in [-0.25, -0.2) is 4.98 Å². The number of aryl methyl sites for hydroxylation is 1. The van der Waals surface area contributed by atoms with Crippen LogP contribution in [0.1, 0.15) is 31.8 Å². The summed E-state index contributed by atoms with van der Waals surface area (Å²) in [5, 5.41) is 3.15. The molecule has 0 radical (unpaired) electrons. The normalized spacial score (nSPS) is 10.0. The maximum Gasteiger partial charge on any atom is 0.320 e. The molecule has 0 saturated heterocycles. The van der Waals surface area contributed by atoms with E-state index in [4.69, 9.17) is 11.6 Å². The topological polar surface area (TPSA) is 17.8 Å². The van der Waals surface area contributed by atoms with Gasteiger partial charge in [0.05, 0.1) is 16.1 Å². The summed E-state index contributed by atoms with van der Waals surface area (Å²) in [6.07, 6.45) is 0. The van der Waals surface area contributed by atoms with E-state index in [9.17, 15) is 8.78 Å². The van der Waals surface area contributed by atoms with Gasteiger partial charge in [-0.05, 0) is 33.2 Å². The Morgan fingerprint density at radius 3 is 2.60 bits per heavy atom. The van der Waals surface area contributed by atoms with Crippen molar-refractivity contribution in [2.45, 2.75) is 27.3 Å². The molecule has 1 aromatic carbocycles. The van der Waals surface area contributed by atoms with Crippen molar-refractivity contribution in [3.63, 3.8) is 0 Å². The molecule has 7 heteroatoms. The monoisotopic (exact) mass is 428 g/mol. The van der Waals surface area contributed by atoms with Crippen LogP contribution >= 0.6 is 41.7 Å². The van der Waals surface area contributed by atoms with E-state index in [-0.39, 0.29) is 5.82 Å². The van der Waals surface area contributed by atoms with Crippen LogP contribution < -0.4 is 0 Å². The highest BCUT2D eigenvalue weighted by molar-refractivity contribution is 14.2. The summed E-state index contributed by atoms with van der Waals surface area (Å²) in [7, 11) is 1.33. The van der Waals surface area contributed by atoms with E-state index in [0.29, 0.717) is 21.6 Å². The van der Waals surface area contributed by atoms with Gasteiger partial charge in [-0.3, -0.25) is 4.57 Å². The number of rotatable bonds is 1. The predicted molar refractivity (Wildman–Crippen MR) is 90.6 cm³/mol. The van der Waals surface area contributed by atoms with Crippen LogP contribution in [0.2, 0.25) is 5.02 Å². The minimum Gasteiger partial charge on any atom is -0.270 e. The lowest BCUT2D eigenvalue weighted by Gasteiger charge is -2.04. The Kier molecular flexibility index (Phi) is 7.06. The quantitative estimate of drug-likeness (QED) is 0.421. The fourth-order valence-corrected chi connectivity index (χ4v) is 2.34. The summed E-state index contributed by atoms with van der Waals surface area (Å²) in [4.78, 5) is 4.09. The number of benzene rings is 1. The van der Waals surface area contributed by atoms with E-state index in [1.165, 1.54) is 21.9 Å². The van der Waals surface area contributed by atoms with Gasteiger partial charge in [0.1, 0.15) is 5.82 Å². The number of hydrogen-bond donors (Lipinski definition) is 0. The molecule has 0 aliphatic rings. The van der Waals surface area contributed by atoms with Crippen molar-refractivity contribution in [1.29, 1.82) is 0 Å². The van der Waals surface area contributed by atoms with Gasteiger partial charge in [-0.1, -0.05) is 31.4 Å². The van der Waals surface area contributed by atoms with E-state index in [1.807, 2.05) is 35.1 Å². The molecule has 2 aromatic rings. The number of hydrogen-bond acceptors (Lipinski definition) is 2. The van der Waals surface area contributed by atoms with Gasteiger partial charge in [-0.15, -0.1) is 0 Å².